The van der Waals surface area contributed by atoms with Crippen molar-refractivity contribution in [1.29, 1.82) is 0 Å². The molecule has 2 saturated carbocycles. The first-order chi connectivity index (χ1) is 13.2. The normalized spacial score (nSPS) is 28.8. The molecule has 2 heterocycles. The molecule has 0 aromatic carbocycles. The van der Waals surface area contributed by atoms with E-state index in [9.17, 15) is 9.59 Å². The van der Waals surface area contributed by atoms with E-state index in [2.05, 4.69) is 20.2 Å². The lowest BCUT2D eigenvalue weighted by molar-refractivity contribution is -0.142. The van der Waals surface area contributed by atoms with Gasteiger partial charge >= 0.3 is 0 Å². The predicted molar refractivity (Wildman–Crippen MR) is 102 cm³/mol. The zero-order chi connectivity index (χ0) is 18.7. The van der Waals surface area contributed by atoms with Crippen molar-refractivity contribution in [2.24, 2.45) is 11.3 Å². The molecule has 1 N–H and O–H groups in total. The van der Waals surface area contributed by atoms with Crippen LogP contribution in [0.4, 0.5) is 0 Å². The maximum Gasteiger partial charge on any atom is 0.254 e. The fraction of sp³-hybridized carbons (Fsp3) is 0.714. The molecule has 6 heteroatoms. The molecule has 0 bridgehead atoms. The average Bonchev–Trinajstić information content (AvgIpc) is 3.14. The summed E-state index contributed by atoms with van der Waals surface area (Å²) in [6.45, 7) is 1.56. The standard InChI is InChI=1S/C21H30N4O2/c26-19-8-10-21(14-24-20(27)17-11-22-15-23-12-17)9-4-7-18(21)25(19)13-16-5-2-1-3-6-16/h11-12,15-16,18H,1-10,13-14H2,(H,24,27)/t18-,21+/m1/s1. The second kappa shape index (κ2) is 7.95. The van der Waals surface area contributed by atoms with Crippen LogP contribution in [0.15, 0.2) is 18.7 Å². The number of carbonyl (C=O) groups excluding carboxylic acids is 2. The van der Waals surface area contributed by atoms with E-state index in [0.29, 0.717) is 30.4 Å². The summed E-state index contributed by atoms with van der Waals surface area (Å²) in [6, 6.07) is 0.285. The van der Waals surface area contributed by atoms with Crippen LogP contribution in [0.5, 0.6) is 0 Å². The van der Waals surface area contributed by atoms with E-state index >= 15 is 0 Å². The largest absolute Gasteiger partial charge is 0.351 e. The molecule has 3 aliphatic rings. The summed E-state index contributed by atoms with van der Waals surface area (Å²) in [7, 11) is 0. The third kappa shape index (κ3) is 3.85. The summed E-state index contributed by atoms with van der Waals surface area (Å²) in [5, 5.41) is 3.11. The molecule has 2 atom stereocenters. The van der Waals surface area contributed by atoms with Crippen LogP contribution in [0.3, 0.4) is 0 Å². The van der Waals surface area contributed by atoms with E-state index in [1.165, 1.54) is 38.4 Å². The number of piperidine rings is 1. The molecule has 2 amide bonds. The Morgan fingerprint density at radius 1 is 1.11 bits per heavy atom. The van der Waals surface area contributed by atoms with Gasteiger partial charge in [-0.1, -0.05) is 25.7 Å². The van der Waals surface area contributed by atoms with E-state index in [4.69, 9.17) is 0 Å². The quantitative estimate of drug-likeness (QED) is 0.865. The Morgan fingerprint density at radius 3 is 2.67 bits per heavy atom. The molecule has 27 heavy (non-hydrogen) atoms. The van der Waals surface area contributed by atoms with Crippen molar-refractivity contribution in [3.05, 3.63) is 24.3 Å². The molecule has 146 valence electrons. The number of hydrogen-bond acceptors (Lipinski definition) is 4. The van der Waals surface area contributed by atoms with Gasteiger partial charge in [0.15, 0.2) is 0 Å². The first kappa shape index (κ1) is 18.4. The molecule has 2 aliphatic carbocycles. The van der Waals surface area contributed by atoms with Gasteiger partial charge in [0.2, 0.25) is 5.91 Å². The van der Waals surface area contributed by atoms with Crippen molar-refractivity contribution in [1.82, 2.24) is 20.2 Å². The van der Waals surface area contributed by atoms with Crippen LogP contribution >= 0.6 is 0 Å². The maximum atomic E-state index is 12.7. The number of amides is 2. The number of nitrogens with zero attached hydrogens (tertiary/aromatic N) is 3. The second-order valence-corrected chi connectivity index (χ2v) is 8.63. The van der Waals surface area contributed by atoms with Crippen molar-refractivity contribution in [3.8, 4) is 0 Å². The number of aromatic nitrogens is 2. The highest BCUT2D eigenvalue weighted by atomic mass is 16.2. The van der Waals surface area contributed by atoms with Gasteiger partial charge < -0.3 is 10.2 Å². The van der Waals surface area contributed by atoms with Crippen LogP contribution in [-0.4, -0.2) is 45.8 Å². The molecule has 0 radical (unpaired) electrons. The Labute approximate surface area is 161 Å². The minimum absolute atomic E-state index is 0.0356. The first-order valence-electron chi connectivity index (χ1n) is 10.5. The Balaban J connectivity index is 1.44. The third-order valence-corrected chi connectivity index (χ3v) is 7.00. The SMILES string of the molecule is O=C(NC[C@@]12CCC[C@H]1N(CC1CCCCC1)C(=O)CC2)c1cncnc1. The molecule has 6 nitrogen and oxygen atoms in total. The van der Waals surface area contributed by atoms with Crippen LogP contribution in [0, 0.1) is 11.3 Å². The lowest BCUT2D eigenvalue weighted by Crippen LogP contribution is -2.57. The third-order valence-electron chi connectivity index (χ3n) is 7.00. The van der Waals surface area contributed by atoms with Crippen LogP contribution in [0.25, 0.3) is 0 Å². The molecule has 1 aliphatic heterocycles. The zero-order valence-corrected chi connectivity index (χ0v) is 16.0. The number of likely N-dealkylation sites (tertiary alicyclic amines) is 1. The van der Waals surface area contributed by atoms with Crippen LogP contribution in [0.1, 0.15) is 74.6 Å². The fourth-order valence-electron chi connectivity index (χ4n) is 5.52. The summed E-state index contributed by atoms with van der Waals surface area (Å²) in [5.74, 6) is 0.868. The number of rotatable bonds is 5. The van der Waals surface area contributed by atoms with Gasteiger partial charge in [-0.15, -0.1) is 0 Å². The van der Waals surface area contributed by atoms with E-state index in [0.717, 1.165) is 32.2 Å². The van der Waals surface area contributed by atoms with Gasteiger partial charge in [0.1, 0.15) is 6.33 Å². The van der Waals surface area contributed by atoms with Crippen molar-refractivity contribution in [2.75, 3.05) is 13.1 Å². The summed E-state index contributed by atoms with van der Waals surface area (Å²) < 4.78 is 0. The van der Waals surface area contributed by atoms with E-state index in [1.54, 1.807) is 12.4 Å². The number of hydrogen-bond donors (Lipinski definition) is 1. The summed E-state index contributed by atoms with van der Waals surface area (Å²) in [5.41, 5.74) is 0.530. The van der Waals surface area contributed by atoms with Crippen LogP contribution in [0.2, 0.25) is 0 Å². The van der Waals surface area contributed by atoms with Crippen molar-refractivity contribution >= 4 is 11.8 Å². The summed E-state index contributed by atoms with van der Waals surface area (Å²) >= 11 is 0. The molecule has 1 saturated heterocycles. The highest BCUT2D eigenvalue weighted by Gasteiger charge is 2.50. The number of carbonyl (C=O) groups is 2. The molecule has 1 aromatic heterocycles. The van der Waals surface area contributed by atoms with Gasteiger partial charge in [-0.3, -0.25) is 9.59 Å². The summed E-state index contributed by atoms with van der Waals surface area (Å²) in [6.07, 6.45) is 15.8. The van der Waals surface area contributed by atoms with E-state index in [-0.39, 0.29) is 17.4 Å². The van der Waals surface area contributed by atoms with E-state index in [1.807, 2.05) is 0 Å². The zero-order valence-electron chi connectivity index (χ0n) is 16.0. The summed E-state index contributed by atoms with van der Waals surface area (Å²) in [4.78, 5) is 35.3. The van der Waals surface area contributed by atoms with Gasteiger partial charge in [0.05, 0.1) is 5.56 Å². The topological polar surface area (TPSA) is 75.2 Å². The lowest BCUT2D eigenvalue weighted by atomic mass is 9.74. The molecular weight excluding hydrogens is 340 g/mol. The second-order valence-electron chi connectivity index (χ2n) is 8.63. The Morgan fingerprint density at radius 2 is 1.89 bits per heavy atom. The van der Waals surface area contributed by atoms with Gasteiger partial charge in [-0.2, -0.15) is 0 Å². The predicted octanol–water partition coefficient (Wildman–Crippen LogP) is 2.95. The number of fused-ring (bicyclic) bond motifs is 1. The molecule has 0 unspecified atom stereocenters. The van der Waals surface area contributed by atoms with Gasteiger partial charge in [-0.25, -0.2) is 9.97 Å². The maximum absolute atomic E-state index is 12.7. The van der Waals surface area contributed by atoms with Crippen LogP contribution in [-0.2, 0) is 4.79 Å². The highest BCUT2D eigenvalue weighted by Crippen LogP contribution is 2.48. The van der Waals surface area contributed by atoms with Gasteiger partial charge in [0, 0.05) is 43.4 Å². The Bertz CT molecular complexity index is 674. The van der Waals surface area contributed by atoms with Gasteiger partial charge in [0.25, 0.3) is 5.91 Å². The monoisotopic (exact) mass is 370 g/mol. The van der Waals surface area contributed by atoms with E-state index < -0.39 is 0 Å². The fourth-order valence-corrected chi connectivity index (χ4v) is 5.52. The highest BCUT2D eigenvalue weighted by molar-refractivity contribution is 5.93. The lowest BCUT2D eigenvalue weighted by Gasteiger charge is -2.47. The molecule has 0 spiro atoms. The minimum Gasteiger partial charge on any atom is -0.351 e. The van der Waals surface area contributed by atoms with Crippen molar-refractivity contribution < 1.29 is 9.59 Å². The smallest absolute Gasteiger partial charge is 0.254 e. The van der Waals surface area contributed by atoms with Crippen molar-refractivity contribution in [3.63, 3.8) is 0 Å². The molecule has 1 aromatic rings. The van der Waals surface area contributed by atoms with Crippen molar-refractivity contribution in [2.45, 2.75) is 70.3 Å². The average molecular weight is 370 g/mol. The number of nitrogens with one attached hydrogen (secondary N) is 1. The Hall–Kier alpha value is -1.98. The molecule has 3 fully saturated rings. The first-order valence-corrected chi connectivity index (χ1v) is 10.5. The molecule has 4 rings (SSSR count). The van der Waals surface area contributed by atoms with Crippen LogP contribution < -0.4 is 5.32 Å². The molecular formula is C21H30N4O2. The minimum atomic E-state index is -0.119. The Kier molecular flexibility index (Phi) is 5.41. The van der Waals surface area contributed by atoms with Gasteiger partial charge in [-0.05, 0) is 38.0 Å².